The molecule has 172 valence electrons. The Kier molecular flexibility index (Phi) is 6.53. The Morgan fingerprint density at radius 2 is 1.91 bits per heavy atom. The quantitative estimate of drug-likeness (QED) is 0.575. The molecule has 0 aliphatic carbocycles. The molecule has 1 amide bonds. The van der Waals surface area contributed by atoms with Crippen molar-refractivity contribution in [2.75, 3.05) is 13.1 Å². The standard InChI is InChI=1S/C26H30N4O2S/c1-17-8-10-20(11-9-17)25-27-23(18(2)32-25)16-33-26-28-22-12-13-30(15-21(22)24(31)29-26)14-19-6-4-3-5-7-19/h3-11,21-22,26,28H,12-16H2,1-2H3,(H,29,31). The molecule has 0 saturated carbocycles. The fraction of sp³-hybridized carbons (Fsp3) is 0.385. The smallest absolute Gasteiger partial charge is 0.227 e. The molecule has 0 spiro atoms. The average molecular weight is 463 g/mol. The molecule has 0 radical (unpaired) electrons. The Bertz CT molecular complexity index is 1100. The van der Waals surface area contributed by atoms with E-state index in [9.17, 15) is 4.79 Å². The Labute approximate surface area is 199 Å². The zero-order chi connectivity index (χ0) is 22.8. The van der Waals surface area contributed by atoms with E-state index in [0.29, 0.717) is 11.6 Å². The molecule has 1 aromatic heterocycles. The van der Waals surface area contributed by atoms with E-state index in [-0.39, 0.29) is 23.4 Å². The van der Waals surface area contributed by atoms with Gasteiger partial charge in [-0.25, -0.2) is 4.98 Å². The van der Waals surface area contributed by atoms with Crippen molar-refractivity contribution in [1.29, 1.82) is 0 Å². The van der Waals surface area contributed by atoms with Gasteiger partial charge in [0.25, 0.3) is 0 Å². The zero-order valence-corrected chi connectivity index (χ0v) is 19.9. The predicted molar refractivity (Wildman–Crippen MR) is 131 cm³/mol. The summed E-state index contributed by atoms with van der Waals surface area (Å²) < 4.78 is 5.91. The third kappa shape index (κ3) is 5.16. The molecule has 7 heteroatoms. The number of carbonyl (C=O) groups is 1. The second-order valence-electron chi connectivity index (χ2n) is 8.98. The number of rotatable bonds is 6. The van der Waals surface area contributed by atoms with Crippen molar-refractivity contribution in [1.82, 2.24) is 20.5 Å². The molecule has 2 aliphatic heterocycles. The number of hydrogen-bond donors (Lipinski definition) is 2. The lowest BCUT2D eigenvalue weighted by atomic mass is 9.89. The lowest BCUT2D eigenvalue weighted by Crippen LogP contribution is -2.64. The van der Waals surface area contributed by atoms with Crippen LogP contribution in [-0.4, -0.2) is 40.4 Å². The van der Waals surface area contributed by atoms with Crippen LogP contribution in [-0.2, 0) is 17.1 Å². The third-order valence-corrected chi connectivity index (χ3v) is 7.53. The highest BCUT2D eigenvalue weighted by atomic mass is 32.2. The fourth-order valence-electron chi connectivity index (χ4n) is 4.58. The number of carbonyl (C=O) groups excluding carboxylic acids is 1. The molecule has 2 saturated heterocycles. The van der Waals surface area contributed by atoms with Crippen molar-refractivity contribution in [2.45, 2.75) is 44.1 Å². The van der Waals surface area contributed by atoms with Gasteiger partial charge in [0, 0.05) is 37.0 Å². The Hall–Kier alpha value is -2.61. The second kappa shape index (κ2) is 9.71. The van der Waals surface area contributed by atoms with Crippen LogP contribution >= 0.6 is 11.8 Å². The number of thioether (sulfide) groups is 1. The summed E-state index contributed by atoms with van der Waals surface area (Å²) in [4.78, 5) is 20.0. The lowest BCUT2D eigenvalue weighted by Gasteiger charge is -2.43. The molecule has 6 nitrogen and oxygen atoms in total. The Morgan fingerprint density at radius 1 is 1.12 bits per heavy atom. The van der Waals surface area contributed by atoms with E-state index in [1.807, 2.05) is 25.1 Å². The summed E-state index contributed by atoms with van der Waals surface area (Å²) in [6.07, 6.45) is 0.975. The van der Waals surface area contributed by atoms with Crippen molar-refractivity contribution < 1.29 is 9.21 Å². The van der Waals surface area contributed by atoms with Gasteiger partial charge in [0.1, 0.15) is 11.3 Å². The normalized spacial score (nSPS) is 23.2. The SMILES string of the molecule is Cc1ccc(-c2nc(CSC3NC(=O)C4CN(Cc5ccccc5)CCC4N3)c(C)o2)cc1. The summed E-state index contributed by atoms with van der Waals surface area (Å²) in [6, 6.07) is 18.9. The van der Waals surface area contributed by atoms with Crippen molar-refractivity contribution in [3.05, 3.63) is 77.2 Å². The van der Waals surface area contributed by atoms with Gasteiger partial charge in [0.2, 0.25) is 11.8 Å². The first-order chi connectivity index (χ1) is 16.0. The zero-order valence-electron chi connectivity index (χ0n) is 19.1. The molecule has 33 heavy (non-hydrogen) atoms. The molecular formula is C26H30N4O2S. The number of nitrogens with zero attached hydrogens (tertiary/aromatic N) is 2. The van der Waals surface area contributed by atoms with Crippen LogP contribution in [0.15, 0.2) is 59.0 Å². The summed E-state index contributed by atoms with van der Waals surface area (Å²) in [5.74, 6) is 2.28. The molecule has 3 heterocycles. The minimum Gasteiger partial charge on any atom is -0.441 e. The summed E-state index contributed by atoms with van der Waals surface area (Å²) in [5.41, 5.74) is 4.29. The van der Waals surface area contributed by atoms with Gasteiger partial charge in [-0.3, -0.25) is 15.0 Å². The van der Waals surface area contributed by atoms with E-state index in [1.54, 1.807) is 11.8 Å². The monoisotopic (exact) mass is 462 g/mol. The van der Waals surface area contributed by atoms with E-state index in [1.165, 1.54) is 11.1 Å². The topological polar surface area (TPSA) is 70.4 Å². The molecule has 3 atom stereocenters. The van der Waals surface area contributed by atoms with Crippen LogP contribution in [0.4, 0.5) is 0 Å². The van der Waals surface area contributed by atoms with Gasteiger partial charge in [-0.05, 0) is 38.0 Å². The molecular weight excluding hydrogens is 432 g/mol. The van der Waals surface area contributed by atoms with Gasteiger partial charge in [0.15, 0.2) is 0 Å². The number of nitrogens with one attached hydrogen (secondary N) is 2. The molecule has 2 aromatic carbocycles. The molecule has 3 aromatic rings. The van der Waals surface area contributed by atoms with Crippen LogP contribution in [0.2, 0.25) is 0 Å². The van der Waals surface area contributed by atoms with E-state index < -0.39 is 0 Å². The van der Waals surface area contributed by atoms with Crippen molar-refractivity contribution in [2.24, 2.45) is 5.92 Å². The van der Waals surface area contributed by atoms with Gasteiger partial charge in [-0.1, -0.05) is 48.0 Å². The molecule has 3 unspecified atom stereocenters. The van der Waals surface area contributed by atoms with Gasteiger partial charge in [0.05, 0.1) is 11.6 Å². The van der Waals surface area contributed by atoms with Crippen molar-refractivity contribution >= 4 is 17.7 Å². The largest absolute Gasteiger partial charge is 0.441 e. The molecule has 2 fully saturated rings. The number of aromatic nitrogens is 1. The summed E-state index contributed by atoms with van der Waals surface area (Å²) in [7, 11) is 0. The minimum atomic E-state index is -0.113. The third-order valence-electron chi connectivity index (χ3n) is 6.50. The number of amides is 1. The fourth-order valence-corrected chi connectivity index (χ4v) is 5.64. The maximum atomic E-state index is 12.9. The number of benzene rings is 2. The van der Waals surface area contributed by atoms with E-state index in [2.05, 4.69) is 58.9 Å². The first-order valence-corrected chi connectivity index (χ1v) is 12.6. The van der Waals surface area contributed by atoms with Crippen molar-refractivity contribution in [3.8, 4) is 11.5 Å². The summed E-state index contributed by atoms with van der Waals surface area (Å²) in [5, 5.41) is 6.81. The van der Waals surface area contributed by atoms with E-state index >= 15 is 0 Å². The first-order valence-electron chi connectivity index (χ1n) is 11.5. The second-order valence-corrected chi connectivity index (χ2v) is 10.1. The first kappa shape index (κ1) is 22.2. The molecule has 2 aliphatic rings. The number of fused-ring (bicyclic) bond motifs is 1. The lowest BCUT2D eigenvalue weighted by molar-refractivity contribution is -0.130. The van der Waals surface area contributed by atoms with Crippen LogP contribution in [0, 0.1) is 19.8 Å². The predicted octanol–water partition coefficient (Wildman–Crippen LogP) is 4.09. The van der Waals surface area contributed by atoms with Gasteiger partial charge in [-0.15, -0.1) is 11.8 Å². The van der Waals surface area contributed by atoms with E-state index in [4.69, 9.17) is 9.40 Å². The summed E-state index contributed by atoms with van der Waals surface area (Å²) >= 11 is 1.66. The number of aryl methyl sites for hydroxylation is 2. The highest BCUT2D eigenvalue weighted by Gasteiger charge is 2.39. The maximum Gasteiger partial charge on any atom is 0.227 e. The van der Waals surface area contributed by atoms with Crippen LogP contribution in [0.25, 0.3) is 11.5 Å². The van der Waals surface area contributed by atoms with Crippen LogP contribution in [0.3, 0.4) is 0 Å². The Balaban J connectivity index is 1.16. The number of piperidine rings is 1. The molecule has 2 N–H and O–H groups in total. The van der Waals surface area contributed by atoms with Gasteiger partial charge in [-0.2, -0.15) is 0 Å². The van der Waals surface area contributed by atoms with Crippen LogP contribution < -0.4 is 10.6 Å². The summed E-state index contributed by atoms with van der Waals surface area (Å²) in [6.45, 7) is 6.69. The van der Waals surface area contributed by atoms with Crippen molar-refractivity contribution in [3.63, 3.8) is 0 Å². The minimum absolute atomic E-state index is 0.0127. The van der Waals surface area contributed by atoms with Gasteiger partial charge < -0.3 is 9.73 Å². The van der Waals surface area contributed by atoms with Crippen LogP contribution in [0.5, 0.6) is 0 Å². The molecule has 5 rings (SSSR count). The van der Waals surface area contributed by atoms with Crippen LogP contribution in [0.1, 0.15) is 29.0 Å². The number of likely N-dealkylation sites (tertiary alicyclic amines) is 1. The number of hydrogen-bond acceptors (Lipinski definition) is 6. The maximum absolute atomic E-state index is 12.9. The number of oxazole rings is 1. The highest BCUT2D eigenvalue weighted by molar-refractivity contribution is 7.99. The van der Waals surface area contributed by atoms with Gasteiger partial charge >= 0.3 is 0 Å². The highest BCUT2D eigenvalue weighted by Crippen LogP contribution is 2.28. The van der Waals surface area contributed by atoms with E-state index in [0.717, 1.165) is 43.1 Å². The Morgan fingerprint density at radius 3 is 2.70 bits per heavy atom. The molecule has 0 bridgehead atoms. The average Bonchev–Trinajstić information content (AvgIpc) is 3.19.